The van der Waals surface area contributed by atoms with Gasteiger partial charge in [0.1, 0.15) is 4.90 Å². The van der Waals surface area contributed by atoms with E-state index >= 15 is 0 Å². The quantitative estimate of drug-likeness (QED) is 0.868. The molecule has 7 heteroatoms. The number of hydrogen-bond donors (Lipinski definition) is 1. The molecule has 1 aliphatic rings. The summed E-state index contributed by atoms with van der Waals surface area (Å²) >= 11 is 17.5. The molecule has 0 saturated heterocycles. The minimum absolute atomic E-state index is 0.0334. The first kappa shape index (κ1) is 13.4. The van der Waals surface area contributed by atoms with E-state index in [-0.39, 0.29) is 21.8 Å². The first-order chi connectivity index (χ1) is 7.94. The highest BCUT2D eigenvalue weighted by atomic mass is 35.5. The minimum Gasteiger partial charge on any atom is -0.208 e. The van der Waals surface area contributed by atoms with Crippen LogP contribution in [0.4, 0.5) is 0 Å². The number of benzene rings is 1. The summed E-state index contributed by atoms with van der Waals surface area (Å²) in [5, 5.41) is 0.479. The van der Waals surface area contributed by atoms with Gasteiger partial charge in [0.2, 0.25) is 10.0 Å². The third-order valence-electron chi connectivity index (χ3n) is 2.43. The van der Waals surface area contributed by atoms with Crippen LogP contribution in [0, 0.1) is 0 Å². The maximum atomic E-state index is 12.0. The van der Waals surface area contributed by atoms with Crippen molar-refractivity contribution in [1.82, 2.24) is 4.72 Å². The highest BCUT2D eigenvalue weighted by Gasteiger charge is 2.29. The number of rotatable bonds is 4. The fraction of sp³-hybridized carbons (Fsp3) is 0.400. The Morgan fingerprint density at radius 3 is 2.41 bits per heavy atom. The van der Waals surface area contributed by atoms with Crippen LogP contribution in [0.2, 0.25) is 10.0 Å². The Balaban J connectivity index is 2.43. The maximum Gasteiger partial charge on any atom is 0.242 e. The van der Waals surface area contributed by atoms with Gasteiger partial charge >= 0.3 is 0 Å². The van der Waals surface area contributed by atoms with E-state index in [4.69, 9.17) is 34.8 Å². The van der Waals surface area contributed by atoms with Crippen molar-refractivity contribution in [3.05, 3.63) is 27.7 Å². The Kier molecular flexibility index (Phi) is 3.90. The molecule has 0 spiro atoms. The Morgan fingerprint density at radius 1 is 1.24 bits per heavy atom. The van der Waals surface area contributed by atoms with E-state index < -0.39 is 10.0 Å². The molecule has 0 heterocycles. The third kappa shape index (κ3) is 3.06. The molecule has 0 radical (unpaired) electrons. The van der Waals surface area contributed by atoms with E-state index in [2.05, 4.69) is 4.72 Å². The molecule has 0 bridgehead atoms. The fourth-order valence-corrected chi connectivity index (χ4v) is 3.82. The Morgan fingerprint density at radius 2 is 1.88 bits per heavy atom. The lowest BCUT2D eigenvalue weighted by atomic mass is 10.2. The number of halogens is 3. The topological polar surface area (TPSA) is 46.2 Å². The van der Waals surface area contributed by atoms with Crippen molar-refractivity contribution in [2.45, 2.75) is 29.7 Å². The first-order valence-corrected chi connectivity index (χ1v) is 7.77. The van der Waals surface area contributed by atoms with Crippen LogP contribution in [0.15, 0.2) is 17.0 Å². The van der Waals surface area contributed by atoms with Crippen molar-refractivity contribution in [1.29, 1.82) is 0 Å². The molecule has 2 rings (SSSR count). The second kappa shape index (κ2) is 4.94. The van der Waals surface area contributed by atoms with Crippen molar-refractivity contribution in [2.75, 3.05) is 0 Å². The molecule has 1 fully saturated rings. The molecule has 1 aromatic rings. The summed E-state index contributed by atoms with van der Waals surface area (Å²) in [5.41, 5.74) is 0.550. The van der Waals surface area contributed by atoms with Gasteiger partial charge in [0.15, 0.2) is 0 Å². The summed E-state index contributed by atoms with van der Waals surface area (Å²) < 4.78 is 26.6. The van der Waals surface area contributed by atoms with Crippen LogP contribution in [-0.4, -0.2) is 14.5 Å². The van der Waals surface area contributed by atoms with E-state index in [1.807, 2.05) is 0 Å². The molecule has 0 atom stereocenters. The molecule has 3 nitrogen and oxygen atoms in total. The monoisotopic (exact) mass is 313 g/mol. The van der Waals surface area contributed by atoms with Crippen molar-refractivity contribution >= 4 is 44.8 Å². The molecule has 1 saturated carbocycles. The third-order valence-corrected chi connectivity index (χ3v) is 5.06. The second-order valence-electron chi connectivity index (χ2n) is 3.90. The fourth-order valence-electron chi connectivity index (χ4n) is 1.36. The van der Waals surface area contributed by atoms with Gasteiger partial charge in [-0.3, -0.25) is 0 Å². The molecule has 0 aromatic heterocycles. The van der Waals surface area contributed by atoms with Gasteiger partial charge in [0, 0.05) is 16.9 Å². The van der Waals surface area contributed by atoms with Crippen molar-refractivity contribution < 1.29 is 8.42 Å². The van der Waals surface area contributed by atoms with Crippen LogP contribution in [0.3, 0.4) is 0 Å². The van der Waals surface area contributed by atoms with Crippen LogP contribution >= 0.6 is 34.8 Å². The second-order valence-corrected chi connectivity index (χ2v) is 6.67. The van der Waals surface area contributed by atoms with Gasteiger partial charge < -0.3 is 0 Å². The number of sulfonamides is 1. The van der Waals surface area contributed by atoms with Gasteiger partial charge in [-0.1, -0.05) is 23.2 Å². The average Bonchev–Trinajstić information content (AvgIpc) is 3.00. The van der Waals surface area contributed by atoms with Crippen LogP contribution < -0.4 is 4.72 Å². The lowest BCUT2D eigenvalue weighted by molar-refractivity contribution is 0.581. The zero-order valence-corrected chi connectivity index (χ0v) is 11.8. The van der Waals surface area contributed by atoms with E-state index in [0.717, 1.165) is 12.8 Å². The largest absolute Gasteiger partial charge is 0.242 e. The predicted molar refractivity (Wildman–Crippen MR) is 69.4 cm³/mol. The smallest absolute Gasteiger partial charge is 0.208 e. The van der Waals surface area contributed by atoms with Crippen LogP contribution in [0.5, 0.6) is 0 Å². The van der Waals surface area contributed by atoms with Gasteiger partial charge in [0.25, 0.3) is 0 Å². The minimum atomic E-state index is -3.58. The Labute approximate surface area is 115 Å². The van der Waals surface area contributed by atoms with E-state index in [0.29, 0.717) is 10.6 Å². The molecule has 17 heavy (non-hydrogen) atoms. The highest BCUT2D eigenvalue weighted by Crippen LogP contribution is 2.31. The van der Waals surface area contributed by atoms with Gasteiger partial charge in [-0.05, 0) is 30.5 Å². The van der Waals surface area contributed by atoms with E-state index in [1.165, 1.54) is 12.1 Å². The van der Waals surface area contributed by atoms with Crippen molar-refractivity contribution in [2.24, 2.45) is 0 Å². The molecule has 0 unspecified atom stereocenters. The maximum absolute atomic E-state index is 12.0. The molecular weight excluding hydrogens is 305 g/mol. The lowest BCUT2D eigenvalue weighted by Gasteiger charge is -2.10. The molecule has 94 valence electrons. The van der Waals surface area contributed by atoms with Crippen LogP contribution in [-0.2, 0) is 15.9 Å². The van der Waals surface area contributed by atoms with Gasteiger partial charge in [-0.2, -0.15) is 0 Å². The SMILES string of the molecule is O=S(=O)(NC1CC1)c1cc(CCl)c(Cl)cc1Cl. The normalized spacial score (nSPS) is 16.2. The predicted octanol–water partition coefficient (Wildman–Crippen LogP) is 3.17. The summed E-state index contributed by atoms with van der Waals surface area (Å²) in [5.74, 6) is 0.141. The summed E-state index contributed by atoms with van der Waals surface area (Å²) in [6.07, 6.45) is 1.74. The molecule has 1 aliphatic carbocycles. The summed E-state index contributed by atoms with van der Waals surface area (Å²) in [7, 11) is -3.58. The van der Waals surface area contributed by atoms with Crippen molar-refractivity contribution in [3.63, 3.8) is 0 Å². The van der Waals surface area contributed by atoms with E-state index in [1.54, 1.807) is 0 Å². The zero-order valence-electron chi connectivity index (χ0n) is 8.71. The Hall–Kier alpha value is -0.000000000000000167. The molecule has 0 aliphatic heterocycles. The summed E-state index contributed by atoms with van der Waals surface area (Å²) in [4.78, 5) is 0.0334. The number of alkyl halides is 1. The van der Waals surface area contributed by atoms with Crippen LogP contribution in [0.1, 0.15) is 18.4 Å². The van der Waals surface area contributed by atoms with Gasteiger partial charge in [-0.15, -0.1) is 11.6 Å². The molecule has 0 amide bonds. The van der Waals surface area contributed by atoms with Gasteiger partial charge in [0.05, 0.1) is 5.02 Å². The molecular formula is C10H10Cl3NO2S. The standard InChI is InChI=1S/C10H10Cl3NO2S/c11-5-6-3-10(9(13)4-8(6)12)17(15,16)14-7-1-2-7/h3-4,7,14H,1-2,5H2. The molecule has 1 aromatic carbocycles. The average molecular weight is 315 g/mol. The number of nitrogens with one attached hydrogen (secondary N) is 1. The lowest BCUT2D eigenvalue weighted by Crippen LogP contribution is -2.26. The number of hydrogen-bond acceptors (Lipinski definition) is 2. The highest BCUT2D eigenvalue weighted by molar-refractivity contribution is 7.89. The van der Waals surface area contributed by atoms with Gasteiger partial charge in [-0.25, -0.2) is 13.1 Å². The summed E-state index contributed by atoms with van der Waals surface area (Å²) in [6, 6.07) is 2.86. The van der Waals surface area contributed by atoms with Crippen molar-refractivity contribution in [3.8, 4) is 0 Å². The Bertz CT molecular complexity index is 541. The zero-order chi connectivity index (χ0) is 12.6. The molecule has 1 N–H and O–H groups in total. The van der Waals surface area contributed by atoms with Crippen LogP contribution in [0.25, 0.3) is 0 Å². The van der Waals surface area contributed by atoms with E-state index in [9.17, 15) is 8.42 Å². The summed E-state index contributed by atoms with van der Waals surface area (Å²) in [6.45, 7) is 0. The first-order valence-electron chi connectivity index (χ1n) is 5.00.